The molecule has 1 amide bonds. The van der Waals surface area contributed by atoms with Gasteiger partial charge in [-0.3, -0.25) is 14.4 Å². The van der Waals surface area contributed by atoms with Crippen LogP contribution in [0.15, 0.2) is 21.5 Å². The molecule has 1 fully saturated rings. The molecule has 0 bridgehead atoms. The molecule has 0 unspecified atom stereocenters. The summed E-state index contributed by atoms with van der Waals surface area (Å²) in [5.41, 5.74) is 0.122. The van der Waals surface area contributed by atoms with Crippen molar-refractivity contribution in [3.63, 3.8) is 0 Å². The number of piperidine rings is 1. The third kappa shape index (κ3) is 3.93. The lowest BCUT2D eigenvalue weighted by molar-refractivity contribution is -0.137. The number of aromatic nitrogens is 1. The van der Waals surface area contributed by atoms with Crippen LogP contribution in [0.25, 0.3) is 0 Å². The van der Waals surface area contributed by atoms with Gasteiger partial charge in [0.1, 0.15) is 0 Å². The number of H-pyrrole nitrogens is 1. The fourth-order valence-corrected chi connectivity index (χ4v) is 2.96. The molecular formula is C14H17BrN2O4. The first-order valence-electron chi connectivity index (χ1n) is 6.90. The summed E-state index contributed by atoms with van der Waals surface area (Å²) in [6, 6.07) is 1.46. The molecule has 0 aliphatic carbocycles. The zero-order valence-electron chi connectivity index (χ0n) is 11.5. The molecule has 2 N–H and O–H groups in total. The standard InChI is InChI=1S/C14H17BrN2O4/c15-11-7-9(8-16-13(11)20)14(21)17-6-2-1-3-10(17)4-5-12(18)19/h7-8,10H,1-6H2,(H,16,20)(H,18,19)/t10-/m1/s1. The number of hydrogen-bond donors (Lipinski definition) is 2. The molecule has 2 rings (SSSR count). The molecule has 0 spiro atoms. The maximum absolute atomic E-state index is 12.6. The Morgan fingerprint density at radius 1 is 1.43 bits per heavy atom. The molecule has 0 aromatic carbocycles. The summed E-state index contributed by atoms with van der Waals surface area (Å²) >= 11 is 3.11. The Kier molecular flexibility index (Phi) is 5.17. The number of pyridine rings is 1. The van der Waals surface area contributed by atoms with E-state index < -0.39 is 5.97 Å². The van der Waals surface area contributed by atoms with E-state index in [1.165, 1.54) is 12.3 Å². The van der Waals surface area contributed by atoms with E-state index in [0.29, 0.717) is 23.0 Å². The number of rotatable bonds is 4. The molecule has 114 valence electrons. The number of carbonyl (C=O) groups is 2. The van der Waals surface area contributed by atoms with Crippen LogP contribution in [0, 0.1) is 0 Å². The first kappa shape index (κ1) is 15.8. The predicted octanol–water partition coefficient (Wildman–Crippen LogP) is 2.00. The number of aromatic amines is 1. The number of carboxylic acids is 1. The summed E-state index contributed by atoms with van der Waals surface area (Å²) < 4.78 is 0.312. The fraction of sp³-hybridized carbons (Fsp3) is 0.500. The van der Waals surface area contributed by atoms with Crippen LogP contribution in [0.4, 0.5) is 0 Å². The van der Waals surface area contributed by atoms with E-state index in [-0.39, 0.29) is 23.9 Å². The van der Waals surface area contributed by atoms with E-state index in [2.05, 4.69) is 20.9 Å². The Balaban J connectivity index is 2.15. The van der Waals surface area contributed by atoms with E-state index in [0.717, 1.165) is 19.3 Å². The van der Waals surface area contributed by atoms with Gasteiger partial charge in [0.15, 0.2) is 0 Å². The zero-order chi connectivity index (χ0) is 15.4. The number of nitrogens with zero attached hydrogens (tertiary/aromatic N) is 1. The van der Waals surface area contributed by atoms with Crippen LogP contribution < -0.4 is 5.56 Å². The van der Waals surface area contributed by atoms with Crippen LogP contribution in [-0.4, -0.2) is 39.5 Å². The predicted molar refractivity (Wildman–Crippen MR) is 80.3 cm³/mol. The maximum atomic E-state index is 12.6. The van der Waals surface area contributed by atoms with Gasteiger partial charge in [-0.05, 0) is 47.7 Å². The van der Waals surface area contributed by atoms with Gasteiger partial charge < -0.3 is 15.0 Å². The smallest absolute Gasteiger partial charge is 0.303 e. The normalized spacial score (nSPS) is 18.5. The Labute approximate surface area is 130 Å². The quantitative estimate of drug-likeness (QED) is 0.862. The number of hydrogen-bond acceptors (Lipinski definition) is 3. The molecule has 6 nitrogen and oxygen atoms in total. The Morgan fingerprint density at radius 2 is 2.19 bits per heavy atom. The van der Waals surface area contributed by atoms with Crippen LogP contribution in [0.2, 0.25) is 0 Å². The summed E-state index contributed by atoms with van der Waals surface area (Å²) in [5, 5.41) is 8.80. The molecular weight excluding hydrogens is 340 g/mol. The monoisotopic (exact) mass is 356 g/mol. The number of amides is 1. The van der Waals surface area contributed by atoms with Gasteiger partial charge in [0.2, 0.25) is 0 Å². The summed E-state index contributed by atoms with van der Waals surface area (Å²) in [5.74, 6) is -1.01. The lowest BCUT2D eigenvalue weighted by Crippen LogP contribution is -2.44. The Bertz CT molecular complexity index is 599. The molecule has 1 aliphatic heterocycles. The van der Waals surface area contributed by atoms with Crippen molar-refractivity contribution in [2.45, 2.75) is 38.1 Å². The molecule has 21 heavy (non-hydrogen) atoms. The summed E-state index contributed by atoms with van der Waals surface area (Å²) in [7, 11) is 0. The van der Waals surface area contributed by atoms with Gasteiger partial charge in [0.05, 0.1) is 10.0 Å². The molecule has 1 aromatic rings. The minimum Gasteiger partial charge on any atom is -0.481 e. The van der Waals surface area contributed by atoms with Crippen LogP contribution in [0.3, 0.4) is 0 Å². The van der Waals surface area contributed by atoms with Crippen molar-refractivity contribution in [1.29, 1.82) is 0 Å². The van der Waals surface area contributed by atoms with Crippen LogP contribution in [-0.2, 0) is 4.79 Å². The van der Waals surface area contributed by atoms with E-state index in [1.54, 1.807) is 4.90 Å². The molecule has 1 saturated heterocycles. The van der Waals surface area contributed by atoms with E-state index in [1.807, 2.05) is 0 Å². The number of aliphatic carboxylic acids is 1. The van der Waals surface area contributed by atoms with Crippen LogP contribution in [0.1, 0.15) is 42.5 Å². The van der Waals surface area contributed by atoms with Crippen molar-refractivity contribution in [2.75, 3.05) is 6.54 Å². The van der Waals surface area contributed by atoms with E-state index in [4.69, 9.17) is 5.11 Å². The van der Waals surface area contributed by atoms with Gasteiger partial charge >= 0.3 is 5.97 Å². The van der Waals surface area contributed by atoms with Gasteiger partial charge in [-0.2, -0.15) is 0 Å². The number of nitrogens with one attached hydrogen (secondary N) is 1. The third-order valence-corrected chi connectivity index (χ3v) is 4.27. The van der Waals surface area contributed by atoms with Crippen molar-refractivity contribution >= 4 is 27.8 Å². The second kappa shape index (κ2) is 6.89. The van der Waals surface area contributed by atoms with Crippen LogP contribution >= 0.6 is 15.9 Å². The zero-order valence-corrected chi connectivity index (χ0v) is 13.1. The molecule has 1 aliphatic rings. The summed E-state index contributed by atoms with van der Waals surface area (Å²) in [6.07, 6.45) is 4.67. The average molecular weight is 357 g/mol. The first-order chi connectivity index (χ1) is 9.99. The highest BCUT2D eigenvalue weighted by molar-refractivity contribution is 9.10. The van der Waals surface area contributed by atoms with Gasteiger partial charge in [-0.1, -0.05) is 0 Å². The van der Waals surface area contributed by atoms with Crippen molar-refractivity contribution in [2.24, 2.45) is 0 Å². The largest absolute Gasteiger partial charge is 0.481 e. The Hall–Kier alpha value is -1.63. The van der Waals surface area contributed by atoms with Gasteiger partial charge in [0, 0.05) is 25.2 Å². The SMILES string of the molecule is O=C(O)CC[C@H]1CCCCN1C(=O)c1c[nH]c(=O)c(Br)c1. The number of carboxylic acid groups (broad SMARTS) is 1. The van der Waals surface area contributed by atoms with Crippen molar-refractivity contribution in [1.82, 2.24) is 9.88 Å². The molecule has 1 aromatic heterocycles. The summed E-state index contributed by atoms with van der Waals surface area (Å²) in [4.78, 5) is 38.8. The molecule has 0 radical (unpaired) electrons. The molecule has 7 heteroatoms. The van der Waals surface area contributed by atoms with Crippen molar-refractivity contribution < 1.29 is 14.7 Å². The topological polar surface area (TPSA) is 90.5 Å². The van der Waals surface area contributed by atoms with Crippen molar-refractivity contribution in [3.05, 3.63) is 32.7 Å². The highest BCUT2D eigenvalue weighted by Crippen LogP contribution is 2.23. The average Bonchev–Trinajstić information content (AvgIpc) is 2.47. The molecule has 2 heterocycles. The summed E-state index contributed by atoms with van der Waals surface area (Å²) in [6.45, 7) is 0.625. The number of halogens is 1. The lowest BCUT2D eigenvalue weighted by atomic mass is 9.97. The molecule has 1 atom stereocenters. The number of carbonyl (C=O) groups excluding carboxylic acids is 1. The minimum atomic E-state index is -0.847. The number of likely N-dealkylation sites (tertiary alicyclic amines) is 1. The highest BCUT2D eigenvalue weighted by Gasteiger charge is 2.28. The molecule has 0 saturated carbocycles. The fourth-order valence-electron chi connectivity index (χ4n) is 2.60. The minimum absolute atomic E-state index is 0.0481. The van der Waals surface area contributed by atoms with Crippen LogP contribution in [0.5, 0.6) is 0 Å². The first-order valence-corrected chi connectivity index (χ1v) is 7.69. The highest BCUT2D eigenvalue weighted by atomic mass is 79.9. The Morgan fingerprint density at radius 3 is 2.86 bits per heavy atom. The van der Waals surface area contributed by atoms with Gasteiger partial charge in [-0.25, -0.2) is 0 Å². The second-order valence-corrected chi connectivity index (χ2v) is 6.00. The second-order valence-electron chi connectivity index (χ2n) is 5.15. The van der Waals surface area contributed by atoms with Gasteiger partial charge in [0.25, 0.3) is 11.5 Å². The third-order valence-electron chi connectivity index (χ3n) is 3.68. The van der Waals surface area contributed by atoms with Gasteiger partial charge in [-0.15, -0.1) is 0 Å². The van der Waals surface area contributed by atoms with E-state index >= 15 is 0 Å². The van der Waals surface area contributed by atoms with E-state index in [9.17, 15) is 14.4 Å². The lowest BCUT2D eigenvalue weighted by Gasteiger charge is -2.35. The van der Waals surface area contributed by atoms with Crippen molar-refractivity contribution in [3.8, 4) is 0 Å². The maximum Gasteiger partial charge on any atom is 0.303 e.